The molecule has 0 unspecified atom stereocenters. The summed E-state index contributed by atoms with van der Waals surface area (Å²) in [6, 6.07) is 13.5. The molecule has 0 aliphatic carbocycles. The van der Waals surface area contributed by atoms with Crippen LogP contribution in [0.25, 0.3) is 0 Å². The molecular weight excluding hydrogens is 338 g/mol. The van der Waals surface area contributed by atoms with Crippen LogP contribution in [-0.2, 0) is 4.79 Å². The zero-order chi connectivity index (χ0) is 19.4. The highest BCUT2D eigenvalue weighted by Crippen LogP contribution is 2.24. The molecule has 0 aromatic heterocycles. The molecule has 0 atom stereocenters. The maximum atomic E-state index is 12.4. The Balaban J connectivity index is 1.56. The van der Waals surface area contributed by atoms with E-state index in [1.807, 2.05) is 6.07 Å². The third-order valence-corrected chi connectivity index (χ3v) is 5.24. The second kappa shape index (κ2) is 8.35. The Kier molecular flexibility index (Phi) is 5.91. The van der Waals surface area contributed by atoms with Crippen molar-refractivity contribution in [1.29, 1.82) is 0 Å². The van der Waals surface area contributed by atoms with Crippen molar-refractivity contribution in [2.75, 3.05) is 42.9 Å². The molecule has 2 aromatic rings. The Hall–Kier alpha value is -2.66. The summed E-state index contributed by atoms with van der Waals surface area (Å²) in [4.78, 5) is 28.7. The van der Waals surface area contributed by atoms with E-state index in [1.54, 1.807) is 18.2 Å². The highest BCUT2D eigenvalue weighted by Gasteiger charge is 2.21. The molecule has 0 spiro atoms. The first-order valence-corrected chi connectivity index (χ1v) is 9.39. The summed E-state index contributed by atoms with van der Waals surface area (Å²) >= 11 is 0. The van der Waals surface area contributed by atoms with Gasteiger partial charge in [-0.05, 0) is 50.1 Å². The van der Waals surface area contributed by atoms with Gasteiger partial charge in [-0.1, -0.05) is 24.3 Å². The minimum absolute atomic E-state index is 0.0481. The van der Waals surface area contributed by atoms with Crippen molar-refractivity contribution in [3.8, 4) is 0 Å². The van der Waals surface area contributed by atoms with Crippen LogP contribution in [0.3, 0.4) is 0 Å². The topological polar surface area (TPSA) is 52.7 Å². The van der Waals surface area contributed by atoms with Crippen molar-refractivity contribution >= 4 is 23.1 Å². The van der Waals surface area contributed by atoms with E-state index >= 15 is 0 Å². The quantitative estimate of drug-likeness (QED) is 0.827. The third kappa shape index (κ3) is 4.55. The van der Waals surface area contributed by atoms with Gasteiger partial charge in [0.1, 0.15) is 0 Å². The molecule has 2 aromatic carbocycles. The molecule has 0 radical (unpaired) electrons. The molecule has 3 rings (SSSR count). The van der Waals surface area contributed by atoms with Crippen LogP contribution >= 0.6 is 0 Å². The molecule has 1 heterocycles. The summed E-state index contributed by atoms with van der Waals surface area (Å²) in [6.45, 7) is 9.65. The van der Waals surface area contributed by atoms with E-state index < -0.39 is 0 Å². The number of nitrogens with one attached hydrogen (secondary N) is 1. The van der Waals surface area contributed by atoms with Crippen molar-refractivity contribution in [2.45, 2.75) is 20.8 Å². The molecule has 0 bridgehead atoms. The molecule has 1 amide bonds. The lowest BCUT2D eigenvalue weighted by Gasteiger charge is -2.36. The van der Waals surface area contributed by atoms with E-state index in [2.05, 4.69) is 47.2 Å². The Morgan fingerprint density at radius 3 is 2.37 bits per heavy atom. The van der Waals surface area contributed by atoms with Crippen LogP contribution in [0, 0.1) is 13.8 Å². The minimum atomic E-state index is -0.0797. The van der Waals surface area contributed by atoms with Crippen LogP contribution < -0.4 is 10.2 Å². The van der Waals surface area contributed by atoms with Crippen LogP contribution in [0.5, 0.6) is 0 Å². The number of carbonyl (C=O) groups is 2. The lowest BCUT2D eigenvalue weighted by atomic mass is 10.1. The highest BCUT2D eigenvalue weighted by atomic mass is 16.2. The van der Waals surface area contributed by atoms with Gasteiger partial charge < -0.3 is 10.2 Å². The van der Waals surface area contributed by atoms with Gasteiger partial charge in [0, 0.05) is 37.4 Å². The average molecular weight is 365 g/mol. The predicted molar refractivity (Wildman–Crippen MR) is 110 cm³/mol. The van der Waals surface area contributed by atoms with E-state index in [0.717, 1.165) is 26.2 Å². The van der Waals surface area contributed by atoms with E-state index in [-0.39, 0.29) is 11.7 Å². The Labute approximate surface area is 161 Å². The van der Waals surface area contributed by atoms with Crippen molar-refractivity contribution in [1.82, 2.24) is 4.90 Å². The smallest absolute Gasteiger partial charge is 0.238 e. The van der Waals surface area contributed by atoms with Crippen molar-refractivity contribution in [3.05, 3.63) is 59.2 Å². The van der Waals surface area contributed by atoms with Crippen LogP contribution in [0.1, 0.15) is 28.4 Å². The van der Waals surface area contributed by atoms with Crippen molar-refractivity contribution in [2.24, 2.45) is 0 Å². The lowest BCUT2D eigenvalue weighted by Crippen LogP contribution is -2.48. The molecule has 1 aliphatic heterocycles. The summed E-state index contributed by atoms with van der Waals surface area (Å²) in [5.41, 5.74) is 5.05. The number of hydrogen-bond donors (Lipinski definition) is 1. The van der Waals surface area contributed by atoms with E-state index in [9.17, 15) is 9.59 Å². The number of aryl methyl sites for hydroxylation is 1. The summed E-state index contributed by atoms with van der Waals surface area (Å²) in [5, 5.41) is 2.88. The second-order valence-electron chi connectivity index (χ2n) is 7.13. The molecule has 1 fully saturated rings. The predicted octanol–water partition coefficient (Wildman–Crippen LogP) is 3.27. The molecule has 27 heavy (non-hydrogen) atoms. The lowest BCUT2D eigenvalue weighted by molar-refractivity contribution is -0.117. The summed E-state index contributed by atoms with van der Waals surface area (Å²) in [7, 11) is 0. The number of benzene rings is 2. The van der Waals surface area contributed by atoms with E-state index in [4.69, 9.17) is 0 Å². The zero-order valence-corrected chi connectivity index (χ0v) is 16.3. The molecule has 1 aliphatic rings. The molecule has 5 nitrogen and oxygen atoms in total. The summed E-state index contributed by atoms with van der Waals surface area (Å²) < 4.78 is 0. The average Bonchev–Trinajstić information content (AvgIpc) is 2.65. The third-order valence-electron chi connectivity index (χ3n) is 5.24. The van der Waals surface area contributed by atoms with Gasteiger partial charge in [0.25, 0.3) is 0 Å². The SMILES string of the molecule is CC(=O)c1ccccc1NC(=O)CN1CCN(c2cccc(C)c2C)CC1. The van der Waals surface area contributed by atoms with Gasteiger partial charge in [0.15, 0.2) is 5.78 Å². The van der Waals surface area contributed by atoms with Gasteiger partial charge in [-0.25, -0.2) is 0 Å². The van der Waals surface area contributed by atoms with Crippen LogP contribution in [0.2, 0.25) is 0 Å². The normalized spacial score (nSPS) is 14.9. The Morgan fingerprint density at radius 2 is 1.67 bits per heavy atom. The molecular formula is C22H27N3O2. The van der Waals surface area contributed by atoms with Crippen molar-refractivity contribution in [3.63, 3.8) is 0 Å². The first kappa shape index (κ1) is 19.1. The Morgan fingerprint density at radius 1 is 0.963 bits per heavy atom. The maximum absolute atomic E-state index is 12.4. The number of amides is 1. The largest absolute Gasteiger partial charge is 0.369 e. The number of para-hydroxylation sites is 1. The number of hydrogen-bond acceptors (Lipinski definition) is 4. The number of ketones is 1. The number of nitrogens with zero attached hydrogens (tertiary/aromatic N) is 2. The van der Waals surface area contributed by atoms with E-state index in [1.165, 1.54) is 23.7 Å². The van der Waals surface area contributed by atoms with Gasteiger partial charge in [-0.15, -0.1) is 0 Å². The summed E-state index contributed by atoms with van der Waals surface area (Å²) in [6.07, 6.45) is 0. The minimum Gasteiger partial charge on any atom is -0.369 e. The van der Waals surface area contributed by atoms with Crippen LogP contribution in [0.4, 0.5) is 11.4 Å². The van der Waals surface area contributed by atoms with Crippen molar-refractivity contribution < 1.29 is 9.59 Å². The molecule has 1 N–H and O–H groups in total. The number of piperazine rings is 1. The number of rotatable bonds is 5. The monoisotopic (exact) mass is 365 g/mol. The van der Waals surface area contributed by atoms with E-state index in [0.29, 0.717) is 17.8 Å². The first-order valence-electron chi connectivity index (χ1n) is 9.39. The second-order valence-corrected chi connectivity index (χ2v) is 7.13. The number of anilines is 2. The van der Waals surface area contributed by atoms with Crippen LogP contribution in [-0.4, -0.2) is 49.3 Å². The fourth-order valence-corrected chi connectivity index (χ4v) is 3.52. The van der Waals surface area contributed by atoms with Gasteiger partial charge in [0.2, 0.25) is 5.91 Å². The maximum Gasteiger partial charge on any atom is 0.238 e. The first-order chi connectivity index (χ1) is 13.0. The molecule has 142 valence electrons. The fourth-order valence-electron chi connectivity index (χ4n) is 3.52. The molecule has 0 saturated carbocycles. The highest BCUT2D eigenvalue weighted by molar-refractivity contribution is 6.04. The van der Waals surface area contributed by atoms with Gasteiger partial charge in [-0.3, -0.25) is 14.5 Å². The van der Waals surface area contributed by atoms with Gasteiger partial charge >= 0.3 is 0 Å². The number of carbonyl (C=O) groups excluding carboxylic acids is 2. The Bertz CT molecular complexity index is 839. The van der Waals surface area contributed by atoms with Gasteiger partial charge in [-0.2, -0.15) is 0 Å². The van der Waals surface area contributed by atoms with Crippen LogP contribution in [0.15, 0.2) is 42.5 Å². The zero-order valence-electron chi connectivity index (χ0n) is 16.3. The molecule has 5 heteroatoms. The standard InChI is InChI=1S/C22H27N3O2/c1-16-7-6-10-21(17(16)2)25-13-11-24(12-14-25)15-22(27)23-20-9-5-4-8-19(20)18(3)26/h4-10H,11-15H2,1-3H3,(H,23,27). The fraction of sp³-hybridized carbons (Fsp3) is 0.364. The summed E-state index contributed by atoms with van der Waals surface area (Å²) in [5.74, 6) is -0.128. The van der Waals surface area contributed by atoms with Gasteiger partial charge in [0.05, 0.1) is 12.2 Å². The molecule has 1 saturated heterocycles. The number of Topliss-reactive ketones (excluding diaryl/α,β-unsaturated/α-hetero) is 1.